The lowest BCUT2D eigenvalue weighted by Gasteiger charge is -2.18. The van der Waals surface area contributed by atoms with Crippen molar-refractivity contribution in [3.8, 4) is 17.7 Å². The molecule has 1 aromatic heterocycles. The van der Waals surface area contributed by atoms with Crippen molar-refractivity contribution in [3.63, 3.8) is 0 Å². The van der Waals surface area contributed by atoms with Crippen LogP contribution in [0.4, 0.5) is 0 Å². The van der Waals surface area contributed by atoms with Gasteiger partial charge in [0.2, 0.25) is 11.7 Å². The second kappa shape index (κ2) is 8.11. The molecule has 0 saturated carbocycles. The number of benzene rings is 1. The molecule has 0 radical (unpaired) electrons. The molecule has 1 heterocycles. The zero-order chi connectivity index (χ0) is 20.3. The maximum absolute atomic E-state index is 12.9. The Morgan fingerprint density at radius 3 is 2.70 bits per heavy atom. The topological polar surface area (TPSA) is 92.3 Å². The summed E-state index contributed by atoms with van der Waals surface area (Å²) in [6.07, 6.45) is 0.429. The van der Waals surface area contributed by atoms with Crippen LogP contribution in [0.25, 0.3) is 0 Å². The number of hydrogen-bond donors (Lipinski definition) is 1. The van der Waals surface area contributed by atoms with Crippen molar-refractivity contribution in [2.24, 2.45) is 0 Å². The Kier molecular flexibility index (Phi) is 6.09. The van der Waals surface area contributed by atoms with Crippen molar-refractivity contribution in [2.45, 2.75) is 33.4 Å². The van der Waals surface area contributed by atoms with Gasteiger partial charge in [-0.25, -0.2) is 0 Å². The first-order valence-electron chi connectivity index (χ1n) is 8.17. The molecule has 0 bridgehead atoms. The molecule has 0 spiro atoms. The van der Waals surface area contributed by atoms with Crippen molar-refractivity contribution in [1.82, 2.24) is 4.57 Å². The highest BCUT2D eigenvalue weighted by molar-refractivity contribution is 6.31. The van der Waals surface area contributed by atoms with E-state index in [9.17, 15) is 20.0 Å². The molecular weight excluding hydrogens is 368 g/mol. The molecule has 0 aliphatic heterocycles. The molecular formula is C20H19ClN2O4. The first-order chi connectivity index (χ1) is 12.7. The number of nitriles is 1. The van der Waals surface area contributed by atoms with E-state index < -0.39 is 23.3 Å². The van der Waals surface area contributed by atoms with E-state index in [4.69, 9.17) is 16.3 Å². The maximum Gasteiger partial charge on any atom is 0.271 e. The van der Waals surface area contributed by atoms with Crippen molar-refractivity contribution in [1.29, 1.82) is 5.26 Å². The van der Waals surface area contributed by atoms with E-state index in [-0.39, 0.29) is 23.2 Å². The minimum absolute atomic E-state index is 0.0362. The highest BCUT2D eigenvalue weighted by atomic mass is 35.5. The number of Topliss-reactive ketones (excluding diaryl/α,β-unsaturated/α-hetero) is 1. The molecule has 140 valence electrons. The van der Waals surface area contributed by atoms with E-state index in [0.29, 0.717) is 10.8 Å². The number of halogens is 1. The van der Waals surface area contributed by atoms with Gasteiger partial charge in [0, 0.05) is 11.6 Å². The number of carbonyl (C=O) groups is 1. The Labute approximate surface area is 161 Å². The largest absolute Gasteiger partial charge is 0.494 e. The number of aromatic hydroxyl groups is 1. The summed E-state index contributed by atoms with van der Waals surface area (Å²) in [7, 11) is 0. The van der Waals surface area contributed by atoms with Crippen LogP contribution in [0.1, 0.15) is 34.0 Å². The van der Waals surface area contributed by atoms with E-state index >= 15 is 0 Å². The van der Waals surface area contributed by atoms with Gasteiger partial charge in [0.05, 0.1) is 5.56 Å². The molecule has 0 amide bonds. The summed E-state index contributed by atoms with van der Waals surface area (Å²) in [5.41, 5.74) is -0.0863. The van der Waals surface area contributed by atoms with Crippen LogP contribution >= 0.6 is 11.6 Å². The molecule has 0 aliphatic carbocycles. The van der Waals surface area contributed by atoms with Gasteiger partial charge < -0.3 is 9.84 Å². The molecule has 6 nitrogen and oxygen atoms in total. The number of pyridine rings is 1. The minimum Gasteiger partial charge on any atom is -0.494 e. The van der Waals surface area contributed by atoms with E-state index in [2.05, 4.69) is 6.58 Å². The van der Waals surface area contributed by atoms with Crippen LogP contribution in [0.15, 0.2) is 35.6 Å². The molecule has 2 rings (SSSR count). The summed E-state index contributed by atoms with van der Waals surface area (Å²) < 4.78 is 6.61. The number of rotatable bonds is 6. The summed E-state index contributed by atoms with van der Waals surface area (Å²) in [6, 6.07) is 6.78. The number of hydrogen-bond acceptors (Lipinski definition) is 5. The fourth-order valence-corrected chi connectivity index (χ4v) is 2.81. The van der Waals surface area contributed by atoms with Crippen molar-refractivity contribution < 1.29 is 14.6 Å². The molecule has 0 saturated heterocycles. The minimum atomic E-state index is -0.962. The van der Waals surface area contributed by atoms with E-state index in [1.165, 1.54) is 19.9 Å². The summed E-state index contributed by atoms with van der Waals surface area (Å²) in [6.45, 7) is 8.27. The van der Waals surface area contributed by atoms with Gasteiger partial charge in [0.25, 0.3) is 5.56 Å². The van der Waals surface area contributed by atoms with Crippen molar-refractivity contribution >= 4 is 17.4 Å². The fraction of sp³-hybridized carbons (Fsp3) is 0.250. The molecule has 0 fully saturated rings. The molecule has 2 aromatic rings. The van der Waals surface area contributed by atoms with Gasteiger partial charge in [0.15, 0.2) is 6.10 Å². The van der Waals surface area contributed by atoms with Gasteiger partial charge >= 0.3 is 0 Å². The molecule has 0 aliphatic rings. The molecule has 1 aromatic carbocycles. The summed E-state index contributed by atoms with van der Waals surface area (Å²) >= 11 is 5.99. The van der Waals surface area contributed by atoms with Crippen LogP contribution in [0, 0.1) is 25.2 Å². The summed E-state index contributed by atoms with van der Waals surface area (Å²) in [5.74, 6) is -0.620. The Morgan fingerprint density at radius 2 is 2.15 bits per heavy atom. The Morgan fingerprint density at radius 1 is 1.48 bits per heavy atom. The maximum atomic E-state index is 12.9. The van der Waals surface area contributed by atoms with Gasteiger partial charge in [0.1, 0.15) is 17.4 Å². The zero-order valence-electron chi connectivity index (χ0n) is 15.2. The highest BCUT2D eigenvalue weighted by Crippen LogP contribution is 2.26. The van der Waals surface area contributed by atoms with Gasteiger partial charge in [-0.1, -0.05) is 17.7 Å². The number of ether oxygens (including phenoxy) is 1. The van der Waals surface area contributed by atoms with Gasteiger partial charge in [-0.05, 0) is 50.1 Å². The second-order valence-electron chi connectivity index (χ2n) is 6.05. The van der Waals surface area contributed by atoms with E-state index in [1.807, 2.05) is 6.92 Å². The number of aromatic nitrogens is 1. The van der Waals surface area contributed by atoms with Crippen molar-refractivity contribution in [3.05, 3.63) is 68.5 Å². The number of nitrogens with zero attached hydrogens (tertiary/aromatic N) is 2. The number of aryl methyl sites for hydroxylation is 1. The fourth-order valence-electron chi connectivity index (χ4n) is 2.70. The van der Waals surface area contributed by atoms with Crippen LogP contribution in [-0.4, -0.2) is 21.6 Å². The molecule has 1 N–H and O–H groups in total. The van der Waals surface area contributed by atoms with E-state index in [1.54, 1.807) is 24.3 Å². The normalized spacial score (nSPS) is 11.5. The van der Waals surface area contributed by atoms with Crippen molar-refractivity contribution in [2.75, 3.05) is 0 Å². The monoisotopic (exact) mass is 386 g/mol. The second-order valence-corrected chi connectivity index (χ2v) is 6.46. The van der Waals surface area contributed by atoms with Crippen LogP contribution in [-0.2, 0) is 6.54 Å². The highest BCUT2D eigenvalue weighted by Gasteiger charge is 2.28. The number of allylic oxidation sites excluding steroid dienone is 1. The zero-order valence-corrected chi connectivity index (χ0v) is 16.0. The quantitative estimate of drug-likeness (QED) is 0.605. The third kappa shape index (κ3) is 3.88. The SMILES string of the molecule is C=CCn1c(O)c(C(=O)C(C)Oc2ccc(Cl)c(C)c2)c(C)c(C#N)c1=O. The lowest BCUT2D eigenvalue weighted by Crippen LogP contribution is -2.30. The van der Waals surface area contributed by atoms with Crippen LogP contribution in [0.2, 0.25) is 5.02 Å². The van der Waals surface area contributed by atoms with Gasteiger partial charge in [-0.3, -0.25) is 14.2 Å². The smallest absolute Gasteiger partial charge is 0.271 e. The lowest BCUT2D eigenvalue weighted by atomic mass is 9.99. The average Bonchev–Trinajstić information content (AvgIpc) is 2.62. The average molecular weight is 387 g/mol. The molecule has 1 atom stereocenters. The summed E-state index contributed by atoms with van der Waals surface area (Å²) in [4.78, 5) is 25.2. The molecule has 1 unspecified atom stereocenters. The third-order valence-electron chi connectivity index (χ3n) is 4.17. The summed E-state index contributed by atoms with van der Waals surface area (Å²) in [5, 5.41) is 20.3. The van der Waals surface area contributed by atoms with Crippen LogP contribution < -0.4 is 10.3 Å². The standard InChI is InChI=1S/C20H19ClN2O4/c1-5-8-23-19(25)15(10-22)12(3)17(20(23)26)18(24)13(4)27-14-6-7-16(21)11(2)9-14/h5-7,9,13,26H,1,8H2,2-4H3. The lowest BCUT2D eigenvalue weighted by molar-refractivity contribution is 0.0812. The number of ketones is 1. The van der Waals surface area contributed by atoms with Crippen LogP contribution in [0.3, 0.4) is 0 Å². The molecule has 27 heavy (non-hydrogen) atoms. The van der Waals surface area contributed by atoms with Gasteiger partial charge in [-0.15, -0.1) is 6.58 Å². The Balaban J connectivity index is 2.49. The first kappa shape index (κ1) is 20.3. The predicted octanol–water partition coefficient (Wildman–Crippen LogP) is 3.53. The Hall–Kier alpha value is -3.04. The van der Waals surface area contributed by atoms with Crippen LogP contribution in [0.5, 0.6) is 11.6 Å². The number of carbonyl (C=O) groups excluding carboxylic acids is 1. The van der Waals surface area contributed by atoms with E-state index in [0.717, 1.165) is 10.1 Å². The first-order valence-corrected chi connectivity index (χ1v) is 8.55. The molecule has 7 heteroatoms. The third-order valence-corrected chi connectivity index (χ3v) is 4.59. The predicted molar refractivity (Wildman–Crippen MR) is 103 cm³/mol. The van der Waals surface area contributed by atoms with Gasteiger partial charge in [-0.2, -0.15) is 5.26 Å². The Bertz CT molecular complexity index is 1020.